The molecule has 0 aromatic rings. The molecule has 1 saturated carbocycles. The molecule has 3 N–H and O–H groups in total. The summed E-state index contributed by atoms with van der Waals surface area (Å²) in [6.07, 6.45) is -3.15. The number of carbonyl (C=O) groups excluding carboxylic acids is 4. The van der Waals surface area contributed by atoms with Gasteiger partial charge in [-0.1, -0.05) is 12.2 Å². The van der Waals surface area contributed by atoms with Gasteiger partial charge in [-0.3, -0.25) is 19.2 Å². The Labute approximate surface area is 251 Å². The van der Waals surface area contributed by atoms with Crippen LogP contribution in [0.15, 0.2) is 0 Å². The molecule has 15 heteroatoms. The molecular weight excluding hydrogens is 576 g/mol. The van der Waals surface area contributed by atoms with E-state index in [9.17, 15) is 24.3 Å². The highest BCUT2D eigenvalue weighted by atomic mass is 32.1. The molecule has 0 aromatic carbocycles. The lowest BCUT2D eigenvalue weighted by Crippen LogP contribution is -2.66. The molecule has 0 spiro atoms. The number of aliphatic hydroxyl groups is 1. The number of thiocarbonyl (C=S) groups is 1. The molecular formula is C27H44N2O12S. The van der Waals surface area contributed by atoms with Gasteiger partial charge in [0.2, 0.25) is 5.91 Å². The third kappa shape index (κ3) is 11.0. The van der Waals surface area contributed by atoms with Crippen molar-refractivity contribution in [3.63, 3.8) is 0 Å². The maximum Gasteiger partial charge on any atom is 0.303 e. The minimum atomic E-state index is -1.18. The molecule has 42 heavy (non-hydrogen) atoms. The smallest absolute Gasteiger partial charge is 0.303 e. The lowest BCUT2D eigenvalue weighted by atomic mass is 9.96. The first kappa shape index (κ1) is 35.8. The molecule has 14 nitrogen and oxygen atoms in total. The van der Waals surface area contributed by atoms with E-state index in [2.05, 4.69) is 10.6 Å². The van der Waals surface area contributed by atoms with Crippen molar-refractivity contribution < 1.29 is 57.4 Å². The van der Waals surface area contributed by atoms with Crippen LogP contribution in [0.5, 0.6) is 0 Å². The van der Waals surface area contributed by atoms with Crippen molar-refractivity contribution in [2.45, 2.75) is 102 Å². The summed E-state index contributed by atoms with van der Waals surface area (Å²) in [6, 6.07) is -1.16. The number of hydrogen-bond acceptors (Lipinski definition) is 13. The molecule has 2 aliphatic rings. The van der Waals surface area contributed by atoms with Gasteiger partial charge in [0.15, 0.2) is 18.5 Å². The van der Waals surface area contributed by atoms with E-state index in [1.165, 1.54) is 27.7 Å². The average molecular weight is 621 g/mol. The number of aliphatic hydroxyl groups excluding tert-OH is 1. The second-order valence-electron chi connectivity index (χ2n) is 10.4. The Morgan fingerprint density at radius 3 is 2.14 bits per heavy atom. The van der Waals surface area contributed by atoms with Crippen molar-refractivity contribution in [3.8, 4) is 0 Å². The van der Waals surface area contributed by atoms with Gasteiger partial charge in [-0.2, -0.15) is 0 Å². The van der Waals surface area contributed by atoms with E-state index in [0.717, 1.165) is 0 Å². The summed E-state index contributed by atoms with van der Waals surface area (Å²) >= 11 is 5.52. The van der Waals surface area contributed by atoms with E-state index in [4.69, 9.17) is 45.4 Å². The zero-order valence-electron chi connectivity index (χ0n) is 25.0. The van der Waals surface area contributed by atoms with E-state index in [-0.39, 0.29) is 25.2 Å². The highest BCUT2D eigenvalue weighted by Crippen LogP contribution is 2.30. The van der Waals surface area contributed by atoms with Gasteiger partial charge in [-0.25, -0.2) is 0 Å². The highest BCUT2D eigenvalue weighted by Gasteiger charge is 2.51. The maximum absolute atomic E-state index is 12.0. The third-order valence-electron chi connectivity index (χ3n) is 6.92. The number of unbranched alkanes of at least 4 members (excludes halogenated alkanes) is 1. The van der Waals surface area contributed by atoms with Crippen molar-refractivity contribution >= 4 is 41.0 Å². The summed E-state index contributed by atoms with van der Waals surface area (Å²) < 4.78 is 38.6. The van der Waals surface area contributed by atoms with Gasteiger partial charge >= 0.3 is 17.9 Å². The lowest BCUT2D eigenvalue weighted by Gasteiger charge is -2.44. The molecule has 1 amide bonds. The van der Waals surface area contributed by atoms with E-state index < -0.39 is 66.7 Å². The van der Waals surface area contributed by atoms with Crippen LogP contribution in [0.2, 0.25) is 0 Å². The molecule has 0 bridgehead atoms. The summed E-state index contributed by atoms with van der Waals surface area (Å²) in [5.74, 6) is -2.46. The van der Waals surface area contributed by atoms with Gasteiger partial charge in [0.1, 0.15) is 24.9 Å². The number of amides is 1. The van der Waals surface area contributed by atoms with Crippen LogP contribution in [0, 0.1) is 5.92 Å². The van der Waals surface area contributed by atoms with Crippen LogP contribution in [0.1, 0.15) is 53.4 Å². The fourth-order valence-electron chi connectivity index (χ4n) is 5.23. The topological polar surface area (TPSA) is 177 Å². The Bertz CT molecular complexity index is 937. The van der Waals surface area contributed by atoms with Crippen molar-refractivity contribution in [2.24, 2.45) is 5.92 Å². The third-order valence-corrected chi connectivity index (χ3v) is 7.25. The summed E-state index contributed by atoms with van der Waals surface area (Å²) in [5, 5.41) is 16.4. The minimum absolute atomic E-state index is 0.0541. The number of ether oxygens (including phenoxy) is 7. The van der Waals surface area contributed by atoms with Crippen LogP contribution in [0.4, 0.5) is 0 Å². The Hall–Kier alpha value is -2.43. The highest BCUT2D eigenvalue weighted by molar-refractivity contribution is 7.80. The van der Waals surface area contributed by atoms with E-state index >= 15 is 0 Å². The monoisotopic (exact) mass is 620 g/mol. The van der Waals surface area contributed by atoms with E-state index in [0.29, 0.717) is 37.3 Å². The Morgan fingerprint density at radius 1 is 0.905 bits per heavy atom. The average Bonchev–Trinajstić information content (AvgIpc) is 3.18. The lowest BCUT2D eigenvalue weighted by molar-refractivity contribution is -0.277. The molecule has 240 valence electrons. The van der Waals surface area contributed by atoms with Gasteiger partial charge in [0.05, 0.1) is 23.7 Å². The number of hydrogen-bond donors (Lipinski definition) is 3. The molecule has 1 saturated heterocycles. The van der Waals surface area contributed by atoms with E-state index in [1.54, 1.807) is 14.2 Å². The molecule has 2 rings (SSSR count). The zero-order chi connectivity index (χ0) is 31.4. The first-order chi connectivity index (χ1) is 19.9. The summed E-state index contributed by atoms with van der Waals surface area (Å²) in [5.41, 5.74) is 0. The quantitative estimate of drug-likeness (QED) is 0.0976. The Balaban J connectivity index is 2.01. The van der Waals surface area contributed by atoms with Crippen LogP contribution in [0.25, 0.3) is 0 Å². The van der Waals surface area contributed by atoms with Crippen molar-refractivity contribution in [1.82, 2.24) is 10.6 Å². The molecule has 0 aromatic heterocycles. The van der Waals surface area contributed by atoms with Crippen LogP contribution in [-0.4, -0.2) is 117 Å². The van der Waals surface area contributed by atoms with Gasteiger partial charge in [0, 0.05) is 54.4 Å². The predicted octanol–water partition coefficient (Wildman–Crippen LogP) is 0.157. The molecule has 0 radical (unpaired) electrons. The minimum Gasteiger partial charge on any atom is -0.463 e. The first-order valence-corrected chi connectivity index (χ1v) is 14.3. The number of methoxy groups -OCH3 is 2. The maximum atomic E-state index is 12.0. The molecule has 9 atom stereocenters. The zero-order valence-corrected chi connectivity index (χ0v) is 25.8. The largest absolute Gasteiger partial charge is 0.463 e. The van der Waals surface area contributed by atoms with Gasteiger partial charge in [-0.15, -0.1) is 0 Å². The summed E-state index contributed by atoms with van der Waals surface area (Å²) in [7, 11) is 3.14. The number of rotatable bonds is 15. The van der Waals surface area contributed by atoms with Crippen molar-refractivity contribution in [2.75, 3.05) is 34.0 Å². The fraction of sp³-hybridized carbons (Fsp3) is 0.815. The molecule has 1 heterocycles. The van der Waals surface area contributed by atoms with Crippen LogP contribution < -0.4 is 10.6 Å². The molecule has 1 aliphatic heterocycles. The molecule has 1 unspecified atom stereocenters. The van der Waals surface area contributed by atoms with Gasteiger partial charge in [-0.05, 0) is 25.7 Å². The normalized spacial score (nSPS) is 30.7. The fourth-order valence-corrected chi connectivity index (χ4v) is 5.53. The van der Waals surface area contributed by atoms with Gasteiger partial charge in [0.25, 0.3) is 0 Å². The predicted molar refractivity (Wildman–Crippen MR) is 150 cm³/mol. The van der Waals surface area contributed by atoms with Gasteiger partial charge < -0.3 is 48.9 Å². The van der Waals surface area contributed by atoms with E-state index in [1.807, 2.05) is 0 Å². The number of carbonyl (C=O) groups is 4. The first-order valence-electron chi connectivity index (χ1n) is 13.9. The Morgan fingerprint density at radius 2 is 1.57 bits per heavy atom. The van der Waals surface area contributed by atoms with Crippen LogP contribution in [-0.2, 0) is 52.3 Å². The van der Waals surface area contributed by atoms with Crippen LogP contribution in [0.3, 0.4) is 0 Å². The summed E-state index contributed by atoms with van der Waals surface area (Å²) in [6.45, 7) is 5.14. The van der Waals surface area contributed by atoms with Crippen molar-refractivity contribution in [1.29, 1.82) is 0 Å². The molecule has 2 fully saturated rings. The second-order valence-corrected chi connectivity index (χ2v) is 10.9. The number of nitrogens with one attached hydrogen (secondary N) is 2. The number of esters is 3. The van der Waals surface area contributed by atoms with Crippen LogP contribution >= 0.6 is 12.2 Å². The SMILES string of the molecule is COC[C@H]1C[C@H](NC(=S)CCCCO[C@@H]2O[C@H](COC(C)=O)[C@H](OC(C)=O)[C@H](OC(C)=O)[C@H]2NC(C)=O)[C@@H](OC)C1O. The standard InChI is InChI=1S/C27H44N2O12S/c1-14(30)28-22-26(40-17(4)33)25(39-16(3)32)20(13-38-15(2)31)41-27(22)37-10-8-7-9-21(42)29-19-11-18(12-35-5)23(34)24(19)36-6/h18-20,22-27,34H,7-13H2,1-6H3,(H,28,30)(H,29,42)/t18-,19+,20-,22-,23?,24-,25+,26-,27-/m1/s1. The Kier molecular flexibility index (Phi) is 15.0. The summed E-state index contributed by atoms with van der Waals surface area (Å²) in [4.78, 5) is 47.9. The van der Waals surface area contributed by atoms with Crippen molar-refractivity contribution in [3.05, 3.63) is 0 Å². The molecule has 1 aliphatic carbocycles. The second kappa shape index (κ2) is 17.6.